The molecule has 0 saturated carbocycles. The SMILES string of the molecule is CCOCCCCCCOc1ccc(-c2c[nH]c(C(=O)OC(=O)c3[nH]cc(-c4ccc(OCCCOCC)cc4)c3F)c2F)cc1. The highest BCUT2D eigenvalue weighted by Gasteiger charge is 2.26. The molecule has 2 N–H and O–H groups in total. The van der Waals surface area contributed by atoms with E-state index in [0.29, 0.717) is 49.1 Å². The number of rotatable bonds is 19. The van der Waals surface area contributed by atoms with E-state index < -0.39 is 35.0 Å². The summed E-state index contributed by atoms with van der Waals surface area (Å²) in [5, 5.41) is 0. The molecule has 9 nitrogen and oxygen atoms in total. The molecule has 0 amide bonds. The standard InChI is InChI=1S/C35H40F2N2O7/c1-3-42-18-7-5-6-8-20-44-26-14-10-24(11-15-26)28-22-38-32(30(28)36)34(40)46-35(41)33-31(37)29(23-39-33)25-12-16-27(17-13-25)45-21-9-19-43-4-2/h10-17,22-23,38-39H,3-9,18-21H2,1-2H3. The Morgan fingerprint density at radius 1 is 0.587 bits per heavy atom. The Labute approximate surface area is 267 Å². The molecule has 4 rings (SSSR count). The van der Waals surface area contributed by atoms with Gasteiger partial charge in [-0.2, -0.15) is 0 Å². The average Bonchev–Trinajstić information content (AvgIpc) is 3.65. The van der Waals surface area contributed by atoms with E-state index in [-0.39, 0.29) is 11.1 Å². The van der Waals surface area contributed by atoms with Gasteiger partial charge in [-0.3, -0.25) is 0 Å². The minimum Gasteiger partial charge on any atom is -0.494 e. The molecule has 0 spiro atoms. The first-order valence-electron chi connectivity index (χ1n) is 15.5. The van der Waals surface area contributed by atoms with Gasteiger partial charge in [0, 0.05) is 56.4 Å². The van der Waals surface area contributed by atoms with Crippen molar-refractivity contribution in [3.05, 3.63) is 83.9 Å². The molecule has 0 radical (unpaired) electrons. The second kappa shape index (κ2) is 17.9. The van der Waals surface area contributed by atoms with Gasteiger partial charge in [-0.25, -0.2) is 18.4 Å². The van der Waals surface area contributed by atoms with Crippen molar-refractivity contribution in [1.82, 2.24) is 9.97 Å². The van der Waals surface area contributed by atoms with Crippen LogP contribution in [-0.4, -0.2) is 61.5 Å². The number of aromatic nitrogens is 2. The minimum atomic E-state index is -1.28. The second-order valence-corrected chi connectivity index (χ2v) is 10.4. The largest absolute Gasteiger partial charge is 0.494 e. The molecule has 4 aromatic rings. The molecule has 246 valence electrons. The number of carbonyl (C=O) groups is 2. The van der Waals surface area contributed by atoms with Crippen molar-refractivity contribution in [2.24, 2.45) is 0 Å². The van der Waals surface area contributed by atoms with Gasteiger partial charge in [-0.05, 0) is 68.5 Å². The van der Waals surface area contributed by atoms with Crippen LogP contribution in [0.1, 0.15) is 66.9 Å². The lowest BCUT2D eigenvalue weighted by atomic mass is 10.1. The Kier molecular flexibility index (Phi) is 13.4. The number of esters is 2. The third-order valence-corrected chi connectivity index (χ3v) is 7.12. The lowest BCUT2D eigenvalue weighted by Gasteiger charge is -2.07. The van der Waals surface area contributed by atoms with Crippen LogP contribution in [0.15, 0.2) is 60.9 Å². The Morgan fingerprint density at radius 3 is 1.46 bits per heavy atom. The average molecular weight is 639 g/mol. The lowest BCUT2D eigenvalue weighted by molar-refractivity contribution is 0.0384. The number of benzene rings is 2. The number of nitrogens with one attached hydrogen (secondary N) is 2. The maximum Gasteiger partial charge on any atom is 0.365 e. The molecular formula is C35H40F2N2O7. The highest BCUT2D eigenvalue weighted by Crippen LogP contribution is 2.29. The van der Waals surface area contributed by atoms with Crippen LogP contribution in [0.25, 0.3) is 22.3 Å². The van der Waals surface area contributed by atoms with Gasteiger partial charge < -0.3 is 33.7 Å². The van der Waals surface area contributed by atoms with Crippen molar-refractivity contribution in [3.8, 4) is 33.8 Å². The van der Waals surface area contributed by atoms with Crippen molar-refractivity contribution in [1.29, 1.82) is 0 Å². The monoisotopic (exact) mass is 638 g/mol. The summed E-state index contributed by atoms with van der Waals surface area (Å²) >= 11 is 0. The smallest absolute Gasteiger partial charge is 0.365 e. The third-order valence-electron chi connectivity index (χ3n) is 7.12. The van der Waals surface area contributed by atoms with Crippen LogP contribution in [0.2, 0.25) is 0 Å². The van der Waals surface area contributed by atoms with Crippen LogP contribution >= 0.6 is 0 Å². The fraction of sp³-hybridized carbons (Fsp3) is 0.371. The minimum absolute atomic E-state index is 0.0978. The molecule has 2 heterocycles. The predicted octanol–water partition coefficient (Wildman–Crippen LogP) is 7.73. The van der Waals surface area contributed by atoms with E-state index in [0.717, 1.165) is 45.3 Å². The predicted molar refractivity (Wildman–Crippen MR) is 169 cm³/mol. The zero-order chi connectivity index (χ0) is 32.7. The number of unbranched alkanes of at least 4 members (excludes halogenated alkanes) is 3. The van der Waals surface area contributed by atoms with E-state index in [4.69, 9.17) is 23.7 Å². The maximum atomic E-state index is 15.2. The molecule has 0 bridgehead atoms. The van der Waals surface area contributed by atoms with Crippen molar-refractivity contribution >= 4 is 11.9 Å². The molecule has 11 heteroatoms. The number of aromatic amines is 2. The lowest BCUT2D eigenvalue weighted by Crippen LogP contribution is -2.15. The van der Waals surface area contributed by atoms with E-state index in [2.05, 4.69) is 9.97 Å². The van der Waals surface area contributed by atoms with Gasteiger partial charge in [0.15, 0.2) is 23.0 Å². The van der Waals surface area contributed by atoms with Crippen LogP contribution in [0.5, 0.6) is 11.5 Å². The molecule has 2 aromatic heterocycles. The molecule has 0 aliphatic heterocycles. The molecule has 0 aliphatic rings. The summed E-state index contributed by atoms with van der Waals surface area (Å²) < 4.78 is 57.2. The van der Waals surface area contributed by atoms with Crippen LogP contribution in [0.3, 0.4) is 0 Å². The molecule has 46 heavy (non-hydrogen) atoms. The van der Waals surface area contributed by atoms with Crippen LogP contribution in [-0.2, 0) is 14.2 Å². The zero-order valence-electron chi connectivity index (χ0n) is 26.2. The third kappa shape index (κ3) is 9.51. The van der Waals surface area contributed by atoms with Crippen molar-refractivity contribution < 1.29 is 42.1 Å². The van der Waals surface area contributed by atoms with Crippen molar-refractivity contribution in [2.45, 2.75) is 46.0 Å². The van der Waals surface area contributed by atoms with Gasteiger partial charge >= 0.3 is 11.9 Å². The summed E-state index contributed by atoms with van der Waals surface area (Å²) in [7, 11) is 0. The molecule has 0 saturated heterocycles. The summed E-state index contributed by atoms with van der Waals surface area (Å²) in [5.41, 5.74) is 0.0517. The summed E-state index contributed by atoms with van der Waals surface area (Å²) in [6, 6.07) is 13.4. The van der Waals surface area contributed by atoms with Gasteiger partial charge in [0.25, 0.3) is 0 Å². The van der Waals surface area contributed by atoms with Crippen LogP contribution < -0.4 is 9.47 Å². The molecule has 0 atom stereocenters. The van der Waals surface area contributed by atoms with E-state index in [9.17, 15) is 9.59 Å². The zero-order valence-corrected chi connectivity index (χ0v) is 26.2. The van der Waals surface area contributed by atoms with Gasteiger partial charge in [0.1, 0.15) is 11.5 Å². The Hall–Kier alpha value is -4.48. The van der Waals surface area contributed by atoms with Gasteiger partial charge in [0.05, 0.1) is 13.2 Å². The first-order chi connectivity index (χ1) is 22.4. The Morgan fingerprint density at radius 2 is 1.00 bits per heavy atom. The fourth-order valence-electron chi connectivity index (χ4n) is 4.67. The maximum absolute atomic E-state index is 15.2. The number of halogens is 2. The van der Waals surface area contributed by atoms with Gasteiger partial charge in [-0.15, -0.1) is 0 Å². The highest BCUT2D eigenvalue weighted by molar-refractivity contribution is 6.02. The molecule has 0 unspecified atom stereocenters. The second-order valence-electron chi connectivity index (χ2n) is 10.4. The number of hydrogen-bond donors (Lipinski definition) is 2. The van der Waals surface area contributed by atoms with Crippen LogP contribution in [0, 0.1) is 11.6 Å². The van der Waals surface area contributed by atoms with Gasteiger partial charge in [0.2, 0.25) is 0 Å². The van der Waals surface area contributed by atoms with E-state index in [1.807, 2.05) is 13.8 Å². The summed E-state index contributed by atoms with van der Waals surface area (Å²) in [6.45, 7) is 7.70. The highest BCUT2D eigenvalue weighted by atomic mass is 19.1. The van der Waals surface area contributed by atoms with E-state index in [1.165, 1.54) is 12.4 Å². The number of hydrogen-bond acceptors (Lipinski definition) is 7. The van der Waals surface area contributed by atoms with Crippen molar-refractivity contribution in [3.63, 3.8) is 0 Å². The number of ether oxygens (including phenoxy) is 5. The van der Waals surface area contributed by atoms with E-state index in [1.54, 1.807) is 48.5 Å². The quantitative estimate of drug-likeness (QED) is 0.0614. The van der Waals surface area contributed by atoms with Gasteiger partial charge in [-0.1, -0.05) is 30.7 Å². The normalized spacial score (nSPS) is 11.0. The first kappa shape index (κ1) is 34.4. The Bertz CT molecular complexity index is 1530. The summed E-state index contributed by atoms with van der Waals surface area (Å²) in [5.74, 6) is -3.12. The molecule has 2 aromatic carbocycles. The fourth-order valence-corrected chi connectivity index (χ4v) is 4.67. The number of carbonyl (C=O) groups excluding carboxylic acids is 2. The number of H-pyrrole nitrogens is 2. The van der Waals surface area contributed by atoms with Crippen molar-refractivity contribution in [2.75, 3.05) is 39.6 Å². The molecular weight excluding hydrogens is 598 g/mol. The molecule has 0 fully saturated rings. The molecule has 0 aliphatic carbocycles. The topological polar surface area (TPSA) is 112 Å². The summed E-state index contributed by atoms with van der Waals surface area (Å²) in [4.78, 5) is 30.3. The Balaban J connectivity index is 1.29. The first-order valence-corrected chi connectivity index (χ1v) is 15.5. The van der Waals surface area contributed by atoms with E-state index >= 15 is 8.78 Å². The van der Waals surface area contributed by atoms with Crippen LogP contribution in [0.4, 0.5) is 8.78 Å². The summed E-state index contributed by atoms with van der Waals surface area (Å²) in [6.07, 6.45) is 7.39.